The number of para-hydroxylation sites is 1. The van der Waals surface area contributed by atoms with Gasteiger partial charge >= 0.3 is 0 Å². The molecule has 1 saturated heterocycles. The highest BCUT2D eigenvalue weighted by molar-refractivity contribution is 5.85. The summed E-state index contributed by atoms with van der Waals surface area (Å²) in [5.74, 6) is 0.449. The molecule has 2 amide bonds. The first-order valence-corrected chi connectivity index (χ1v) is 9.24. The number of carbonyl (C=O) groups excluding carboxylic acids is 2. The normalized spacial score (nSPS) is 15.5. The largest absolute Gasteiger partial charge is 0.347 e. The van der Waals surface area contributed by atoms with E-state index in [0.717, 1.165) is 12.1 Å². The number of nitrogens with one attached hydrogen (secondary N) is 1. The van der Waals surface area contributed by atoms with Gasteiger partial charge in [-0.05, 0) is 29.0 Å². The molecule has 1 N–H and O–H groups in total. The summed E-state index contributed by atoms with van der Waals surface area (Å²) in [5.41, 5.74) is 0.892. The standard InChI is InChI=1S/C18H25N7O2/c1-3-14(2)17(27)19-13-16(26)23-9-11-24(12-10-23)18-20-21-22-25(18)15-7-5-4-6-8-15/h4-8,14H,3,9-13H2,1-2H3,(H,19,27). The summed E-state index contributed by atoms with van der Waals surface area (Å²) in [6.45, 7) is 6.27. The molecule has 1 fully saturated rings. The van der Waals surface area contributed by atoms with Crippen LogP contribution in [0.15, 0.2) is 30.3 Å². The van der Waals surface area contributed by atoms with E-state index in [1.54, 1.807) is 9.58 Å². The van der Waals surface area contributed by atoms with Gasteiger partial charge in [0.15, 0.2) is 0 Å². The SMILES string of the molecule is CCC(C)C(=O)NCC(=O)N1CCN(c2nnnn2-c2ccccc2)CC1. The fraction of sp³-hybridized carbons (Fsp3) is 0.500. The third-order valence-electron chi connectivity index (χ3n) is 4.84. The van der Waals surface area contributed by atoms with Crippen molar-refractivity contribution in [3.05, 3.63) is 30.3 Å². The predicted molar refractivity (Wildman–Crippen MR) is 100 cm³/mol. The summed E-state index contributed by atoms with van der Waals surface area (Å²) >= 11 is 0. The lowest BCUT2D eigenvalue weighted by molar-refractivity contribution is -0.134. The summed E-state index contributed by atoms with van der Waals surface area (Å²) in [4.78, 5) is 28.0. The van der Waals surface area contributed by atoms with Gasteiger partial charge in [0.05, 0.1) is 12.2 Å². The first-order valence-electron chi connectivity index (χ1n) is 9.24. The maximum Gasteiger partial charge on any atom is 0.250 e. The van der Waals surface area contributed by atoms with Crippen LogP contribution in [-0.2, 0) is 9.59 Å². The third kappa shape index (κ3) is 4.42. The van der Waals surface area contributed by atoms with E-state index in [-0.39, 0.29) is 24.3 Å². The topological polar surface area (TPSA) is 96.2 Å². The lowest BCUT2D eigenvalue weighted by atomic mass is 10.1. The Morgan fingerprint density at radius 1 is 1.15 bits per heavy atom. The first kappa shape index (κ1) is 18.8. The number of anilines is 1. The van der Waals surface area contributed by atoms with Crippen LogP contribution in [0.5, 0.6) is 0 Å². The monoisotopic (exact) mass is 371 g/mol. The van der Waals surface area contributed by atoms with Crippen molar-refractivity contribution < 1.29 is 9.59 Å². The first-order chi connectivity index (χ1) is 13.1. The van der Waals surface area contributed by atoms with Gasteiger partial charge in [0.2, 0.25) is 17.8 Å². The Morgan fingerprint density at radius 2 is 1.85 bits per heavy atom. The van der Waals surface area contributed by atoms with Crippen LogP contribution in [-0.4, -0.2) is 69.6 Å². The minimum Gasteiger partial charge on any atom is -0.347 e. The Hall–Kier alpha value is -2.97. The van der Waals surface area contributed by atoms with Crippen molar-refractivity contribution in [1.82, 2.24) is 30.4 Å². The molecule has 0 spiro atoms. The second kappa shape index (κ2) is 8.61. The minimum absolute atomic E-state index is 0.0466. The van der Waals surface area contributed by atoms with E-state index in [2.05, 4.69) is 25.7 Å². The fourth-order valence-corrected chi connectivity index (χ4v) is 2.91. The molecule has 2 heterocycles. The Kier molecular flexibility index (Phi) is 6.00. The predicted octanol–water partition coefficient (Wildman–Crippen LogP) is 0.473. The number of amides is 2. The highest BCUT2D eigenvalue weighted by Gasteiger charge is 2.25. The molecular formula is C18H25N7O2. The molecule has 9 nitrogen and oxygen atoms in total. The van der Waals surface area contributed by atoms with Gasteiger partial charge < -0.3 is 15.1 Å². The van der Waals surface area contributed by atoms with Crippen LogP contribution in [0.25, 0.3) is 5.69 Å². The van der Waals surface area contributed by atoms with Crippen molar-refractivity contribution >= 4 is 17.8 Å². The van der Waals surface area contributed by atoms with E-state index in [1.165, 1.54) is 0 Å². The Morgan fingerprint density at radius 3 is 2.52 bits per heavy atom. The average molecular weight is 371 g/mol. The van der Waals surface area contributed by atoms with Crippen molar-refractivity contribution in [2.45, 2.75) is 20.3 Å². The maximum absolute atomic E-state index is 12.3. The fourth-order valence-electron chi connectivity index (χ4n) is 2.91. The zero-order valence-corrected chi connectivity index (χ0v) is 15.7. The molecule has 1 aliphatic heterocycles. The van der Waals surface area contributed by atoms with Crippen LogP contribution in [0, 0.1) is 5.92 Å². The maximum atomic E-state index is 12.3. The lowest BCUT2D eigenvalue weighted by Crippen LogP contribution is -2.52. The van der Waals surface area contributed by atoms with Gasteiger partial charge in [-0.15, -0.1) is 0 Å². The zero-order chi connectivity index (χ0) is 19.2. The lowest BCUT2D eigenvalue weighted by Gasteiger charge is -2.34. The summed E-state index contributed by atoms with van der Waals surface area (Å²) in [7, 11) is 0. The number of hydrogen-bond donors (Lipinski definition) is 1. The Balaban J connectivity index is 1.55. The highest BCUT2D eigenvalue weighted by Crippen LogP contribution is 2.17. The van der Waals surface area contributed by atoms with Crippen molar-refractivity contribution in [3.8, 4) is 5.69 Å². The Labute approximate surface area is 158 Å². The number of piperazine rings is 1. The number of benzene rings is 1. The molecule has 1 aliphatic rings. The molecule has 2 aromatic rings. The molecule has 0 radical (unpaired) electrons. The number of tetrazole rings is 1. The zero-order valence-electron chi connectivity index (χ0n) is 15.7. The molecule has 3 rings (SSSR count). The molecule has 0 bridgehead atoms. The molecule has 1 aromatic carbocycles. The molecule has 9 heteroatoms. The molecule has 1 unspecified atom stereocenters. The number of aromatic nitrogens is 4. The summed E-state index contributed by atoms with van der Waals surface area (Å²) in [6, 6.07) is 9.70. The number of carbonyl (C=O) groups is 2. The van der Waals surface area contributed by atoms with Crippen molar-refractivity contribution in [2.24, 2.45) is 5.92 Å². The van der Waals surface area contributed by atoms with E-state index >= 15 is 0 Å². The second-order valence-corrected chi connectivity index (χ2v) is 6.62. The molecule has 0 saturated carbocycles. The van der Waals surface area contributed by atoms with Gasteiger partial charge in [0, 0.05) is 32.1 Å². The molecule has 144 valence electrons. The van der Waals surface area contributed by atoms with Crippen LogP contribution >= 0.6 is 0 Å². The third-order valence-corrected chi connectivity index (χ3v) is 4.84. The van der Waals surface area contributed by atoms with Crippen LogP contribution in [0.2, 0.25) is 0 Å². The number of hydrogen-bond acceptors (Lipinski definition) is 6. The van der Waals surface area contributed by atoms with Crippen molar-refractivity contribution in [3.63, 3.8) is 0 Å². The molecule has 1 aromatic heterocycles. The van der Waals surface area contributed by atoms with Crippen LogP contribution in [0.1, 0.15) is 20.3 Å². The second-order valence-electron chi connectivity index (χ2n) is 6.62. The summed E-state index contributed by atoms with van der Waals surface area (Å²) < 4.78 is 1.70. The van der Waals surface area contributed by atoms with Gasteiger partial charge in [-0.25, -0.2) is 0 Å². The number of nitrogens with zero attached hydrogens (tertiary/aromatic N) is 6. The van der Waals surface area contributed by atoms with Crippen LogP contribution in [0.4, 0.5) is 5.95 Å². The molecular weight excluding hydrogens is 346 g/mol. The van der Waals surface area contributed by atoms with Gasteiger partial charge in [-0.3, -0.25) is 9.59 Å². The quantitative estimate of drug-likeness (QED) is 0.793. The van der Waals surface area contributed by atoms with E-state index < -0.39 is 0 Å². The van der Waals surface area contributed by atoms with E-state index in [4.69, 9.17) is 0 Å². The van der Waals surface area contributed by atoms with E-state index in [9.17, 15) is 9.59 Å². The van der Waals surface area contributed by atoms with Gasteiger partial charge in [0.1, 0.15) is 0 Å². The summed E-state index contributed by atoms with van der Waals surface area (Å²) in [6.07, 6.45) is 0.759. The summed E-state index contributed by atoms with van der Waals surface area (Å²) in [5, 5.41) is 14.7. The highest BCUT2D eigenvalue weighted by atomic mass is 16.2. The van der Waals surface area contributed by atoms with Gasteiger partial charge in [0.25, 0.3) is 0 Å². The molecule has 0 aliphatic carbocycles. The number of rotatable bonds is 6. The Bertz CT molecular complexity index is 769. The smallest absolute Gasteiger partial charge is 0.250 e. The minimum atomic E-state index is -0.0773. The van der Waals surface area contributed by atoms with Crippen LogP contribution in [0.3, 0.4) is 0 Å². The van der Waals surface area contributed by atoms with E-state index in [0.29, 0.717) is 32.1 Å². The van der Waals surface area contributed by atoms with Crippen molar-refractivity contribution in [2.75, 3.05) is 37.6 Å². The molecule has 27 heavy (non-hydrogen) atoms. The van der Waals surface area contributed by atoms with Crippen molar-refractivity contribution in [1.29, 1.82) is 0 Å². The van der Waals surface area contributed by atoms with Crippen LogP contribution < -0.4 is 10.2 Å². The van der Waals surface area contributed by atoms with E-state index in [1.807, 2.05) is 44.2 Å². The van der Waals surface area contributed by atoms with Gasteiger partial charge in [-0.2, -0.15) is 4.68 Å². The average Bonchev–Trinajstić information content (AvgIpc) is 3.21. The van der Waals surface area contributed by atoms with Gasteiger partial charge in [-0.1, -0.05) is 37.1 Å². The molecule has 1 atom stereocenters.